The summed E-state index contributed by atoms with van der Waals surface area (Å²) in [5.41, 5.74) is 3.80. The number of benzene rings is 2. The highest BCUT2D eigenvalue weighted by Gasteiger charge is 2.25. The van der Waals surface area contributed by atoms with Crippen molar-refractivity contribution >= 4 is 35.6 Å². The third-order valence-corrected chi connectivity index (χ3v) is 4.43. The van der Waals surface area contributed by atoms with E-state index in [1.165, 1.54) is 11.1 Å². The topological polar surface area (TPSA) is 54.9 Å². The van der Waals surface area contributed by atoms with E-state index in [9.17, 15) is 0 Å². The Bertz CT molecular complexity index is 764. The van der Waals surface area contributed by atoms with E-state index in [1.807, 2.05) is 25.1 Å². The van der Waals surface area contributed by atoms with Gasteiger partial charge < -0.3 is 20.1 Å². The van der Waals surface area contributed by atoms with Gasteiger partial charge in [-0.15, -0.1) is 24.0 Å². The average Bonchev–Trinajstić information content (AvgIpc) is 2.62. The van der Waals surface area contributed by atoms with Crippen molar-refractivity contribution in [2.24, 2.45) is 4.99 Å². The Morgan fingerprint density at radius 2 is 2.00 bits per heavy atom. The van der Waals surface area contributed by atoms with Crippen LogP contribution in [0.15, 0.2) is 47.5 Å². The van der Waals surface area contributed by atoms with Gasteiger partial charge in [0.25, 0.3) is 0 Å². The van der Waals surface area contributed by atoms with Gasteiger partial charge in [0, 0.05) is 31.3 Å². The van der Waals surface area contributed by atoms with Gasteiger partial charge in [-0.1, -0.05) is 24.3 Å². The lowest BCUT2D eigenvalue weighted by molar-refractivity contribution is 0.311. The molecule has 0 heterocycles. The van der Waals surface area contributed by atoms with Crippen molar-refractivity contribution in [2.75, 3.05) is 32.6 Å². The van der Waals surface area contributed by atoms with Crippen molar-refractivity contribution in [3.8, 4) is 11.5 Å². The van der Waals surface area contributed by atoms with E-state index < -0.39 is 0 Å². The van der Waals surface area contributed by atoms with Gasteiger partial charge in [-0.3, -0.25) is 4.99 Å². The van der Waals surface area contributed by atoms with Gasteiger partial charge in [-0.2, -0.15) is 0 Å². The number of halogens is 1. The third kappa shape index (κ3) is 4.60. The molecule has 26 heavy (non-hydrogen) atoms. The van der Waals surface area contributed by atoms with Crippen LogP contribution in [0.5, 0.6) is 11.5 Å². The van der Waals surface area contributed by atoms with E-state index in [4.69, 9.17) is 9.47 Å². The molecule has 2 aromatic carbocycles. The fourth-order valence-corrected chi connectivity index (χ4v) is 3.10. The highest BCUT2D eigenvalue weighted by Crippen LogP contribution is 2.34. The monoisotopic (exact) mass is 467 g/mol. The summed E-state index contributed by atoms with van der Waals surface area (Å²) in [6.07, 6.45) is 1.12. The fraction of sp³-hybridized carbons (Fsp3) is 0.350. The number of hydrogen-bond donors (Lipinski definition) is 2. The van der Waals surface area contributed by atoms with Crippen LogP contribution >= 0.6 is 24.0 Å². The molecule has 1 aliphatic rings. The first-order chi connectivity index (χ1) is 12.2. The molecule has 0 radical (unpaired) electrons. The predicted octanol–water partition coefficient (Wildman–Crippen LogP) is 4.04. The Kier molecular flexibility index (Phi) is 7.56. The van der Waals surface area contributed by atoms with Gasteiger partial charge in [-0.05, 0) is 36.6 Å². The van der Waals surface area contributed by atoms with Crippen LogP contribution in [0, 0.1) is 0 Å². The van der Waals surface area contributed by atoms with Crippen LogP contribution < -0.4 is 20.1 Å². The number of anilines is 1. The first-order valence-corrected chi connectivity index (χ1v) is 8.61. The highest BCUT2D eigenvalue weighted by molar-refractivity contribution is 14.0. The number of guanidine groups is 1. The molecule has 3 rings (SSSR count). The van der Waals surface area contributed by atoms with Gasteiger partial charge in [0.2, 0.25) is 0 Å². The molecular weight excluding hydrogens is 441 g/mol. The van der Waals surface area contributed by atoms with Gasteiger partial charge >= 0.3 is 0 Å². The zero-order chi connectivity index (χ0) is 17.6. The minimum Gasteiger partial charge on any atom is -0.493 e. The number of nitrogens with one attached hydrogen (secondary N) is 2. The molecule has 0 aliphatic heterocycles. The van der Waals surface area contributed by atoms with Crippen molar-refractivity contribution < 1.29 is 9.47 Å². The Hall–Kier alpha value is -1.96. The maximum absolute atomic E-state index is 5.55. The summed E-state index contributed by atoms with van der Waals surface area (Å²) in [6, 6.07) is 14.4. The molecule has 0 bridgehead atoms. The number of aliphatic imine (C=N–C) groups is 1. The summed E-state index contributed by atoms with van der Waals surface area (Å²) >= 11 is 0. The summed E-state index contributed by atoms with van der Waals surface area (Å²) in [4.78, 5) is 4.31. The van der Waals surface area contributed by atoms with Gasteiger partial charge in [0.15, 0.2) is 17.5 Å². The molecule has 0 amide bonds. The van der Waals surface area contributed by atoms with E-state index in [1.54, 1.807) is 14.2 Å². The molecule has 2 aromatic rings. The number of fused-ring (bicyclic) bond motifs is 1. The lowest BCUT2D eigenvalue weighted by atomic mass is 9.78. The van der Waals surface area contributed by atoms with Crippen molar-refractivity contribution in [1.29, 1.82) is 0 Å². The lowest BCUT2D eigenvalue weighted by Crippen LogP contribution is -2.37. The van der Waals surface area contributed by atoms with Crippen molar-refractivity contribution in [3.63, 3.8) is 0 Å². The van der Waals surface area contributed by atoms with E-state index in [0.29, 0.717) is 18.3 Å². The molecule has 0 fully saturated rings. The maximum atomic E-state index is 5.55. The smallest absolute Gasteiger partial charge is 0.195 e. The zero-order valence-corrected chi connectivity index (χ0v) is 17.7. The van der Waals surface area contributed by atoms with Crippen LogP contribution in [0.4, 0.5) is 5.69 Å². The minimum absolute atomic E-state index is 0. The van der Waals surface area contributed by atoms with Crippen molar-refractivity contribution in [3.05, 3.63) is 53.6 Å². The first-order valence-electron chi connectivity index (χ1n) is 8.61. The summed E-state index contributed by atoms with van der Waals surface area (Å²) in [7, 11) is 3.42. The number of methoxy groups -OCH3 is 1. The Labute approximate surface area is 172 Å². The summed E-state index contributed by atoms with van der Waals surface area (Å²) in [6.45, 7) is 3.43. The third-order valence-electron chi connectivity index (χ3n) is 4.43. The molecule has 140 valence electrons. The highest BCUT2D eigenvalue weighted by atomic mass is 127. The lowest BCUT2D eigenvalue weighted by Gasteiger charge is -2.30. The summed E-state index contributed by atoms with van der Waals surface area (Å²) in [5, 5.41) is 6.71. The molecule has 0 aromatic heterocycles. The van der Waals surface area contributed by atoms with Crippen LogP contribution in [0.25, 0.3) is 0 Å². The SMILES string of the molecule is CCOc1ccc(NC(=NC)NCC2Cc3ccccc32)cc1OC.I. The molecule has 0 spiro atoms. The second-order valence-electron chi connectivity index (χ2n) is 5.98. The fourth-order valence-electron chi connectivity index (χ4n) is 3.10. The summed E-state index contributed by atoms with van der Waals surface area (Å²) < 4.78 is 10.9. The number of nitrogens with zero attached hydrogens (tertiary/aromatic N) is 1. The second-order valence-corrected chi connectivity index (χ2v) is 5.98. The largest absolute Gasteiger partial charge is 0.493 e. The van der Waals surface area contributed by atoms with Crippen LogP contribution in [-0.2, 0) is 6.42 Å². The van der Waals surface area contributed by atoms with Crippen molar-refractivity contribution in [1.82, 2.24) is 5.32 Å². The first kappa shape index (κ1) is 20.4. The van der Waals surface area contributed by atoms with Crippen LogP contribution in [0.1, 0.15) is 24.0 Å². The molecule has 0 saturated heterocycles. The number of ether oxygens (including phenoxy) is 2. The van der Waals surface area contributed by atoms with E-state index >= 15 is 0 Å². The minimum atomic E-state index is 0. The van der Waals surface area contributed by atoms with Crippen LogP contribution in [0.2, 0.25) is 0 Å². The molecule has 0 saturated carbocycles. The van der Waals surface area contributed by atoms with E-state index in [-0.39, 0.29) is 24.0 Å². The predicted molar refractivity (Wildman–Crippen MR) is 117 cm³/mol. The maximum Gasteiger partial charge on any atom is 0.195 e. The van der Waals surface area contributed by atoms with Gasteiger partial charge in [0.1, 0.15) is 0 Å². The molecule has 2 N–H and O–H groups in total. The van der Waals surface area contributed by atoms with Crippen molar-refractivity contribution in [2.45, 2.75) is 19.3 Å². The normalized spacial score (nSPS) is 15.2. The van der Waals surface area contributed by atoms with E-state index in [0.717, 1.165) is 30.4 Å². The standard InChI is InChI=1S/C20H25N3O2.HI/c1-4-25-18-10-9-16(12-19(18)24-3)23-20(21-2)22-13-15-11-14-7-5-6-8-17(14)15;/h5-10,12,15H,4,11,13H2,1-3H3,(H2,21,22,23);1H. The van der Waals surface area contributed by atoms with Crippen LogP contribution in [0.3, 0.4) is 0 Å². The molecule has 1 atom stereocenters. The van der Waals surface area contributed by atoms with Gasteiger partial charge in [-0.25, -0.2) is 0 Å². The Balaban J connectivity index is 0.00000243. The average molecular weight is 467 g/mol. The molecule has 1 unspecified atom stereocenters. The quantitative estimate of drug-likeness (QED) is 0.383. The Morgan fingerprint density at radius 1 is 1.19 bits per heavy atom. The molecule has 6 heteroatoms. The molecule has 1 aliphatic carbocycles. The van der Waals surface area contributed by atoms with Crippen LogP contribution in [-0.4, -0.2) is 33.3 Å². The Morgan fingerprint density at radius 3 is 2.69 bits per heavy atom. The zero-order valence-electron chi connectivity index (χ0n) is 15.4. The number of rotatable bonds is 6. The second kappa shape index (κ2) is 9.66. The summed E-state index contributed by atoms with van der Waals surface area (Å²) in [5.74, 6) is 2.74. The van der Waals surface area contributed by atoms with E-state index in [2.05, 4.69) is 39.9 Å². The molecular formula is C20H26IN3O2. The number of hydrogen-bond acceptors (Lipinski definition) is 3. The molecule has 5 nitrogen and oxygen atoms in total. The van der Waals surface area contributed by atoms with Gasteiger partial charge in [0.05, 0.1) is 13.7 Å².